The number of hydrogen-bond acceptors (Lipinski definition) is 5. The zero-order chi connectivity index (χ0) is 22.4. The molecule has 1 fully saturated rings. The summed E-state index contributed by atoms with van der Waals surface area (Å²) < 4.78 is 10.7. The molecule has 0 bridgehead atoms. The second kappa shape index (κ2) is 7.30. The highest BCUT2D eigenvalue weighted by Gasteiger charge is 2.49. The van der Waals surface area contributed by atoms with E-state index in [9.17, 15) is 14.4 Å². The second-order valence-electron chi connectivity index (χ2n) is 8.89. The molecule has 1 atom stereocenters. The Balaban J connectivity index is 1.46. The van der Waals surface area contributed by atoms with E-state index in [0.717, 1.165) is 10.5 Å². The van der Waals surface area contributed by atoms with Gasteiger partial charge in [-0.1, -0.05) is 39.0 Å². The highest BCUT2D eigenvalue weighted by atomic mass is 16.7. The van der Waals surface area contributed by atoms with Crippen LogP contribution in [0.5, 0.6) is 11.5 Å². The predicted molar refractivity (Wildman–Crippen MR) is 114 cm³/mol. The monoisotopic (exact) mass is 423 g/mol. The van der Waals surface area contributed by atoms with E-state index < -0.39 is 23.4 Å². The number of amides is 4. The van der Waals surface area contributed by atoms with Crippen LogP contribution in [0.2, 0.25) is 0 Å². The molecule has 0 radical (unpaired) electrons. The second-order valence-corrected chi connectivity index (χ2v) is 8.89. The van der Waals surface area contributed by atoms with Gasteiger partial charge in [-0.15, -0.1) is 0 Å². The maximum Gasteiger partial charge on any atom is 0.325 e. The van der Waals surface area contributed by atoms with Crippen LogP contribution in [-0.2, 0) is 20.5 Å². The normalized spacial score (nSPS) is 20.1. The van der Waals surface area contributed by atoms with Crippen LogP contribution in [0.25, 0.3) is 0 Å². The van der Waals surface area contributed by atoms with E-state index in [1.54, 1.807) is 37.3 Å². The van der Waals surface area contributed by atoms with Crippen LogP contribution in [-0.4, -0.2) is 36.1 Å². The zero-order valence-corrected chi connectivity index (χ0v) is 17.9. The van der Waals surface area contributed by atoms with Gasteiger partial charge >= 0.3 is 6.03 Å². The number of benzene rings is 2. The molecule has 2 aliphatic heterocycles. The highest BCUT2D eigenvalue weighted by molar-refractivity contribution is 6.10. The lowest BCUT2D eigenvalue weighted by Gasteiger charge is -2.22. The topological polar surface area (TPSA) is 97.0 Å². The Hall–Kier alpha value is -3.55. The fourth-order valence-electron chi connectivity index (χ4n) is 3.64. The van der Waals surface area contributed by atoms with Gasteiger partial charge in [0, 0.05) is 5.69 Å². The van der Waals surface area contributed by atoms with Crippen LogP contribution in [0.3, 0.4) is 0 Å². The first-order chi connectivity index (χ1) is 14.6. The number of rotatable bonds is 4. The van der Waals surface area contributed by atoms with Gasteiger partial charge in [0.25, 0.3) is 5.91 Å². The molecule has 2 aromatic carbocycles. The first-order valence-electron chi connectivity index (χ1n) is 10.0. The number of anilines is 1. The average Bonchev–Trinajstić information content (AvgIpc) is 3.26. The van der Waals surface area contributed by atoms with E-state index in [1.807, 2.05) is 12.1 Å². The Labute approximate surface area is 180 Å². The Morgan fingerprint density at radius 1 is 1.10 bits per heavy atom. The van der Waals surface area contributed by atoms with Crippen LogP contribution in [0, 0.1) is 0 Å². The molecule has 31 heavy (non-hydrogen) atoms. The molecule has 2 aromatic rings. The molecule has 2 aliphatic rings. The highest BCUT2D eigenvalue weighted by Crippen LogP contribution is 2.37. The minimum Gasteiger partial charge on any atom is -0.454 e. The predicted octanol–water partition coefficient (Wildman–Crippen LogP) is 3.12. The fourth-order valence-corrected chi connectivity index (χ4v) is 3.64. The number of imide groups is 1. The number of hydrogen-bond donors (Lipinski definition) is 2. The van der Waals surface area contributed by atoms with Crippen molar-refractivity contribution in [1.29, 1.82) is 0 Å². The maximum absolute atomic E-state index is 13.1. The minimum atomic E-state index is -1.30. The van der Waals surface area contributed by atoms with Crippen LogP contribution in [0.1, 0.15) is 38.8 Å². The summed E-state index contributed by atoms with van der Waals surface area (Å²) in [6, 6.07) is 11.9. The van der Waals surface area contributed by atoms with Gasteiger partial charge in [-0.25, -0.2) is 4.79 Å². The van der Waals surface area contributed by atoms with Crippen LogP contribution in [0.15, 0.2) is 42.5 Å². The first kappa shape index (κ1) is 20.7. The lowest BCUT2D eigenvalue weighted by atomic mass is 9.87. The minimum absolute atomic E-state index is 0.00176. The number of urea groups is 1. The van der Waals surface area contributed by atoms with Crippen molar-refractivity contribution in [2.75, 3.05) is 18.7 Å². The molecule has 1 saturated heterocycles. The SMILES string of the molecule is CC(C)(C)c1ccc(NC(=O)CN2C(=O)NC(C)(c3ccc4c(c3)OCO4)C2=O)cc1. The van der Waals surface area contributed by atoms with Gasteiger partial charge in [0.15, 0.2) is 11.5 Å². The lowest BCUT2D eigenvalue weighted by Crippen LogP contribution is -2.42. The molecule has 8 heteroatoms. The van der Waals surface area contributed by atoms with Gasteiger partial charge in [0.05, 0.1) is 0 Å². The van der Waals surface area contributed by atoms with E-state index in [4.69, 9.17) is 9.47 Å². The van der Waals surface area contributed by atoms with Gasteiger partial charge < -0.3 is 20.1 Å². The average molecular weight is 423 g/mol. The molecule has 4 amide bonds. The smallest absolute Gasteiger partial charge is 0.325 e. The van der Waals surface area contributed by atoms with Gasteiger partial charge in [-0.3, -0.25) is 14.5 Å². The third kappa shape index (κ3) is 3.81. The number of nitrogens with zero attached hydrogens (tertiary/aromatic N) is 1. The summed E-state index contributed by atoms with van der Waals surface area (Å²) in [7, 11) is 0. The molecule has 8 nitrogen and oxygen atoms in total. The third-order valence-electron chi connectivity index (χ3n) is 5.56. The van der Waals surface area contributed by atoms with Crippen molar-refractivity contribution in [3.63, 3.8) is 0 Å². The Bertz CT molecular complexity index is 1060. The third-order valence-corrected chi connectivity index (χ3v) is 5.56. The molecule has 0 aromatic heterocycles. The standard InChI is InChI=1S/C23H25N3O5/c1-22(2,3)14-5-8-16(9-6-14)24-19(27)12-26-20(28)23(4,25-21(26)29)15-7-10-17-18(11-15)31-13-30-17/h5-11H,12-13H2,1-4H3,(H,24,27)(H,25,29). The number of nitrogens with one attached hydrogen (secondary N) is 2. The van der Waals surface area contributed by atoms with E-state index in [2.05, 4.69) is 31.4 Å². The van der Waals surface area contributed by atoms with Crippen molar-refractivity contribution in [3.8, 4) is 11.5 Å². The molecule has 0 spiro atoms. The van der Waals surface area contributed by atoms with E-state index in [1.165, 1.54) is 0 Å². The Kier molecular flexibility index (Phi) is 4.88. The van der Waals surface area contributed by atoms with Crippen molar-refractivity contribution in [3.05, 3.63) is 53.6 Å². The fraction of sp³-hybridized carbons (Fsp3) is 0.348. The Morgan fingerprint density at radius 3 is 2.45 bits per heavy atom. The molecule has 4 rings (SSSR count). The molecule has 162 valence electrons. The number of ether oxygens (including phenoxy) is 2. The Morgan fingerprint density at radius 2 is 1.77 bits per heavy atom. The summed E-state index contributed by atoms with van der Waals surface area (Å²) >= 11 is 0. The lowest BCUT2D eigenvalue weighted by molar-refractivity contribution is -0.133. The number of carbonyl (C=O) groups is 3. The molecule has 2 heterocycles. The van der Waals surface area contributed by atoms with E-state index in [-0.39, 0.29) is 18.8 Å². The maximum atomic E-state index is 13.1. The molecular weight excluding hydrogens is 398 g/mol. The van der Waals surface area contributed by atoms with Crippen LogP contribution < -0.4 is 20.1 Å². The summed E-state index contributed by atoms with van der Waals surface area (Å²) in [6.45, 7) is 7.65. The van der Waals surface area contributed by atoms with E-state index in [0.29, 0.717) is 22.7 Å². The first-order valence-corrected chi connectivity index (χ1v) is 10.0. The van der Waals surface area contributed by atoms with Crippen molar-refractivity contribution < 1.29 is 23.9 Å². The summed E-state index contributed by atoms with van der Waals surface area (Å²) in [5.74, 6) is 0.130. The van der Waals surface area contributed by atoms with Crippen LogP contribution >= 0.6 is 0 Å². The largest absolute Gasteiger partial charge is 0.454 e. The van der Waals surface area contributed by atoms with Gasteiger partial charge in [0.1, 0.15) is 12.1 Å². The van der Waals surface area contributed by atoms with Gasteiger partial charge in [0.2, 0.25) is 12.7 Å². The number of carbonyl (C=O) groups excluding carboxylic acids is 3. The summed E-state index contributed by atoms with van der Waals surface area (Å²) in [5.41, 5.74) is 0.993. The number of fused-ring (bicyclic) bond motifs is 1. The van der Waals surface area contributed by atoms with Crippen molar-refractivity contribution in [1.82, 2.24) is 10.2 Å². The summed E-state index contributed by atoms with van der Waals surface area (Å²) in [5, 5.41) is 5.43. The summed E-state index contributed by atoms with van der Waals surface area (Å²) in [4.78, 5) is 39.0. The molecule has 0 aliphatic carbocycles. The van der Waals surface area contributed by atoms with E-state index >= 15 is 0 Å². The van der Waals surface area contributed by atoms with Gasteiger partial charge in [-0.2, -0.15) is 0 Å². The molecule has 2 N–H and O–H groups in total. The van der Waals surface area contributed by atoms with Crippen molar-refractivity contribution in [2.24, 2.45) is 0 Å². The van der Waals surface area contributed by atoms with Crippen LogP contribution in [0.4, 0.5) is 10.5 Å². The van der Waals surface area contributed by atoms with Gasteiger partial charge in [-0.05, 0) is 47.7 Å². The quantitative estimate of drug-likeness (QED) is 0.737. The zero-order valence-electron chi connectivity index (χ0n) is 17.9. The van der Waals surface area contributed by atoms with Crippen molar-refractivity contribution in [2.45, 2.75) is 38.6 Å². The van der Waals surface area contributed by atoms with Crippen molar-refractivity contribution >= 4 is 23.5 Å². The summed E-state index contributed by atoms with van der Waals surface area (Å²) in [6.07, 6.45) is 0. The molecule has 1 unspecified atom stereocenters. The molecular formula is C23H25N3O5. The molecule has 0 saturated carbocycles.